The van der Waals surface area contributed by atoms with Crippen molar-refractivity contribution < 1.29 is 19.8 Å². The zero-order chi connectivity index (χ0) is 7.98. The summed E-state index contributed by atoms with van der Waals surface area (Å²) >= 11 is 0. The molecule has 0 aliphatic heterocycles. The average molecular weight is 146 g/mol. The SMILES string of the molecule is O=C(O)CCC(=O)CCO. The predicted octanol–water partition coefficient (Wildman–Crippen LogP) is -0.197. The molecule has 0 amide bonds. The van der Waals surface area contributed by atoms with E-state index in [1.165, 1.54) is 0 Å². The Morgan fingerprint density at radius 2 is 1.70 bits per heavy atom. The number of rotatable bonds is 5. The fraction of sp³-hybridized carbons (Fsp3) is 0.667. The molecule has 0 bridgehead atoms. The number of aliphatic carboxylic acids is 1. The molecule has 0 unspecified atom stereocenters. The van der Waals surface area contributed by atoms with Crippen LogP contribution in [0.2, 0.25) is 0 Å². The van der Waals surface area contributed by atoms with E-state index in [9.17, 15) is 9.59 Å². The lowest BCUT2D eigenvalue weighted by atomic mass is 10.2. The molecule has 58 valence electrons. The molecule has 0 aliphatic rings. The first kappa shape index (κ1) is 9.10. The number of aliphatic hydroxyl groups excluding tert-OH is 1. The highest BCUT2D eigenvalue weighted by molar-refractivity contribution is 5.82. The van der Waals surface area contributed by atoms with Gasteiger partial charge in [-0.05, 0) is 0 Å². The van der Waals surface area contributed by atoms with Crippen molar-refractivity contribution in [1.29, 1.82) is 0 Å². The summed E-state index contributed by atoms with van der Waals surface area (Å²) in [4.78, 5) is 20.4. The van der Waals surface area contributed by atoms with Crippen LogP contribution >= 0.6 is 0 Å². The summed E-state index contributed by atoms with van der Waals surface area (Å²) in [5.74, 6) is -1.18. The van der Waals surface area contributed by atoms with Crippen molar-refractivity contribution in [1.82, 2.24) is 0 Å². The quantitative estimate of drug-likeness (QED) is 0.563. The fourth-order valence-electron chi connectivity index (χ4n) is 0.496. The standard InChI is InChI=1S/C6H10O4/c7-4-3-5(8)1-2-6(9)10/h7H,1-4H2,(H,9,10). The van der Waals surface area contributed by atoms with E-state index in [0.29, 0.717) is 0 Å². The van der Waals surface area contributed by atoms with E-state index in [1.54, 1.807) is 0 Å². The van der Waals surface area contributed by atoms with Gasteiger partial charge in [0.15, 0.2) is 0 Å². The molecule has 4 heteroatoms. The highest BCUT2D eigenvalue weighted by atomic mass is 16.4. The Balaban J connectivity index is 3.30. The second kappa shape index (κ2) is 4.93. The highest BCUT2D eigenvalue weighted by Crippen LogP contribution is 1.93. The van der Waals surface area contributed by atoms with Gasteiger partial charge in [0.25, 0.3) is 0 Å². The van der Waals surface area contributed by atoms with E-state index >= 15 is 0 Å². The Kier molecular flexibility index (Phi) is 4.49. The lowest BCUT2D eigenvalue weighted by Crippen LogP contribution is -2.04. The number of ketones is 1. The van der Waals surface area contributed by atoms with Crippen LogP contribution in [0.15, 0.2) is 0 Å². The monoisotopic (exact) mass is 146 g/mol. The summed E-state index contributed by atoms with van der Waals surface area (Å²) in [5.41, 5.74) is 0. The summed E-state index contributed by atoms with van der Waals surface area (Å²) in [6, 6.07) is 0. The van der Waals surface area contributed by atoms with E-state index in [4.69, 9.17) is 10.2 Å². The minimum atomic E-state index is -0.980. The molecule has 0 radical (unpaired) electrons. The molecular weight excluding hydrogens is 136 g/mol. The van der Waals surface area contributed by atoms with Crippen molar-refractivity contribution >= 4 is 11.8 Å². The zero-order valence-electron chi connectivity index (χ0n) is 5.54. The topological polar surface area (TPSA) is 74.6 Å². The van der Waals surface area contributed by atoms with Gasteiger partial charge in [0.1, 0.15) is 5.78 Å². The van der Waals surface area contributed by atoms with Crippen LogP contribution in [-0.2, 0) is 9.59 Å². The normalized spacial score (nSPS) is 9.30. The first-order valence-corrected chi connectivity index (χ1v) is 3.01. The third kappa shape index (κ3) is 5.24. The number of carbonyl (C=O) groups excluding carboxylic acids is 1. The van der Waals surface area contributed by atoms with Crippen LogP contribution in [0.1, 0.15) is 19.3 Å². The Bertz CT molecular complexity index is 130. The number of carboxylic acid groups (broad SMARTS) is 1. The summed E-state index contributed by atoms with van der Waals surface area (Å²) < 4.78 is 0. The average Bonchev–Trinajstić information content (AvgIpc) is 1.85. The van der Waals surface area contributed by atoms with Crippen LogP contribution in [0.25, 0.3) is 0 Å². The summed E-state index contributed by atoms with van der Waals surface area (Å²) in [7, 11) is 0. The first-order valence-electron chi connectivity index (χ1n) is 3.01. The van der Waals surface area contributed by atoms with E-state index in [0.717, 1.165) is 0 Å². The van der Waals surface area contributed by atoms with Gasteiger partial charge in [0.2, 0.25) is 0 Å². The number of hydrogen-bond acceptors (Lipinski definition) is 3. The maximum absolute atomic E-state index is 10.5. The van der Waals surface area contributed by atoms with Gasteiger partial charge in [-0.2, -0.15) is 0 Å². The van der Waals surface area contributed by atoms with Crippen LogP contribution in [0.5, 0.6) is 0 Å². The summed E-state index contributed by atoms with van der Waals surface area (Å²) in [5, 5.41) is 16.3. The van der Waals surface area contributed by atoms with Gasteiger partial charge in [-0.15, -0.1) is 0 Å². The lowest BCUT2D eigenvalue weighted by Gasteiger charge is -1.92. The van der Waals surface area contributed by atoms with Crippen molar-refractivity contribution in [2.24, 2.45) is 0 Å². The molecule has 10 heavy (non-hydrogen) atoms. The van der Waals surface area contributed by atoms with Crippen molar-refractivity contribution in [3.05, 3.63) is 0 Å². The van der Waals surface area contributed by atoms with Gasteiger partial charge < -0.3 is 10.2 Å². The molecule has 0 aromatic carbocycles. The second-order valence-corrected chi connectivity index (χ2v) is 1.91. The van der Waals surface area contributed by atoms with Crippen molar-refractivity contribution in [3.63, 3.8) is 0 Å². The molecule has 0 heterocycles. The molecule has 0 atom stereocenters. The van der Waals surface area contributed by atoms with Crippen LogP contribution in [0.4, 0.5) is 0 Å². The van der Waals surface area contributed by atoms with Gasteiger partial charge in [-0.25, -0.2) is 0 Å². The Morgan fingerprint density at radius 1 is 1.10 bits per heavy atom. The maximum atomic E-state index is 10.5. The number of carboxylic acids is 1. The molecule has 0 saturated heterocycles. The Labute approximate surface area is 58.5 Å². The van der Waals surface area contributed by atoms with Crippen LogP contribution in [-0.4, -0.2) is 28.6 Å². The predicted molar refractivity (Wildman–Crippen MR) is 33.6 cm³/mol. The molecule has 0 spiro atoms. The Hall–Kier alpha value is -0.900. The molecule has 0 fully saturated rings. The second-order valence-electron chi connectivity index (χ2n) is 1.91. The maximum Gasteiger partial charge on any atom is 0.303 e. The van der Waals surface area contributed by atoms with Crippen molar-refractivity contribution in [2.45, 2.75) is 19.3 Å². The summed E-state index contributed by atoms with van der Waals surface area (Å²) in [6.45, 7) is -0.196. The van der Waals surface area contributed by atoms with Gasteiger partial charge in [-0.1, -0.05) is 0 Å². The van der Waals surface area contributed by atoms with E-state index in [2.05, 4.69) is 0 Å². The van der Waals surface area contributed by atoms with E-state index in [1.807, 2.05) is 0 Å². The number of Topliss-reactive ketones (excluding diaryl/α,β-unsaturated/α-hetero) is 1. The van der Waals surface area contributed by atoms with Crippen molar-refractivity contribution in [3.8, 4) is 0 Å². The lowest BCUT2D eigenvalue weighted by molar-refractivity contribution is -0.138. The van der Waals surface area contributed by atoms with Gasteiger partial charge in [0, 0.05) is 19.4 Å². The third-order valence-electron chi connectivity index (χ3n) is 1.01. The molecule has 0 rings (SSSR count). The highest BCUT2D eigenvalue weighted by Gasteiger charge is 2.03. The molecule has 0 aromatic rings. The summed E-state index contributed by atoms with van der Waals surface area (Å²) in [6.07, 6.45) is -0.0536. The number of carbonyl (C=O) groups is 2. The van der Waals surface area contributed by atoms with Gasteiger partial charge in [0.05, 0.1) is 6.42 Å². The van der Waals surface area contributed by atoms with Gasteiger partial charge >= 0.3 is 5.97 Å². The minimum Gasteiger partial charge on any atom is -0.481 e. The smallest absolute Gasteiger partial charge is 0.303 e. The molecule has 0 saturated carbocycles. The van der Waals surface area contributed by atoms with Crippen LogP contribution < -0.4 is 0 Å². The number of aliphatic hydroxyl groups is 1. The van der Waals surface area contributed by atoms with Crippen molar-refractivity contribution in [2.75, 3.05) is 6.61 Å². The Morgan fingerprint density at radius 3 is 2.10 bits per heavy atom. The zero-order valence-corrected chi connectivity index (χ0v) is 5.54. The third-order valence-corrected chi connectivity index (χ3v) is 1.01. The van der Waals surface area contributed by atoms with Crippen LogP contribution in [0.3, 0.4) is 0 Å². The van der Waals surface area contributed by atoms with Crippen LogP contribution in [0, 0.1) is 0 Å². The van der Waals surface area contributed by atoms with Gasteiger partial charge in [-0.3, -0.25) is 9.59 Å². The fourth-order valence-corrected chi connectivity index (χ4v) is 0.496. The van der Waals surface area contributed by atoms with E-state index < -0.39 is 5.97 Å². The molecule has 2 N–H and O–H groups in total. The minimum absolute atomic E-state index is 0.0237. The largest absolute Gasteiger partial charge is 0.481 e. The molecular formula is C6H10O4. The van der Waals surface area contributed by atoms with E-state index in [-0.39, 0.29) is 31.7 Å². The molecule has 4 nitrogen and oxygen atoms in total. The molecule has 0 aliphatic carbocycles. The first-order chi connectivity index (χ1) is 4.66. The molecule has 0 aromatic heterocycles. The number of hydrogen-bond donors (Lipinski definition) is 2.